The van der Waals surface area contributed by atoms with E-state index in [-0.39, 0.29) is 5.41 Å². The van der Waals surface area contributed by atoms with Crippen LogP contribution in [-0.2, 0) is 11.2 Å². The first-order chi connectivity index (χ1) is 9.04. The molecule has 1 fully saturated rings. The number of phenolic OH excluding ortho intramolecular Hbond substituents is 1. The van der Waals surface area contributed by atoms with E-state index in [2.05, 4.69) is 26.1 Å². The zero-order valence-corrected chi connectivity index (χ0v) is 12.1. The molecule has 0 aromatic heterocycles. The maximum atomic E-state index is 9.24. The van der Waals surface area contributed by atoms with Crippen LogP contribution in [0.15, 0.2) is 24.3 Å². The summed E-state index contributed by atoms with van der Waals surface area (Å²) in [7, 11) is 0. The highest BCUT2D eigenvalue weighted by molar-refractivity contribution is 5.26. The van der Waals surface area contributed by atoms with E-state index in [1.807, 2.05) is 12.1 Å². The van der Waals surface area contributed by atoms with E-state index in [0.29, 0.717) is 17.9 Å². The number of nitrogens with one attached hydrogen (secondary N) is 1. The molecule has 0 saturated heterocycles. The van der Waals surface area contributed by atoms with Crippen LogP contribution in [0.2, 0.25) is 0 Å². The third-order valence-corrected chi connectivity index (χ3v) is 4.29. The lowest BCUT2D eigenvalue weighted by Gasteiger charge is -2.52. The fourth-order valence-electron chi connectivity index (χ4n) is 2.77. The second-order valence-corrected chi connectivity index (χ2v) is 5.92. The Balaban J connectivity index is 1.74. The summed E-state index contributed by atoms with van der Waals surface area (Å²) in [5.41, 5.74) is 1.48. The summed E-state index contributed by atoms with van der Waals surface area (Å²) in [6, 6.07) is 7.99. The maximum absolute atomic E-state index is 9.24. The van der Waals surface area contributed by atoms with Gasteiger partial charge in [-0.3, -0.25) is 0 Å². The van der Waals surface area contributed by atoms with Crippen molar-refractivity contribution in [1.82, 2.24) is 5.32 Å². The summed E-state index contributed by atoms with van der Waals surface area (Å²) < 4.78 is 5.73. The first-order valence-electron chi connectivity index (χ1n) is 7.17. The van der Waals surface area contributed by atoms with Crippen LogP contribution in [-0.4, -0.2) is 30.4 Å². The fourth-order valence-corrected chi connectivity index (χ4v) is 2.77. The standard InChI is InChI=1S/C16H25NO2/c1-4-19-15-11-14(16(15,2)3)17-10-9-12-5-7-13(18)8-6-12/h5-8,14-15,17-18H,4,9-11H2,1-3H3. The normalized spacial score (nSPS) is 25.0. The Labute approximate surface area is 116 Å². The number of benzene rings is 1. The molecule has 1 aromatic carbocycles. The van der Waals surface area contributed by atoms with Crippen molar-refractivity contribution in [2.45, 2.75) is 45.8 Å². The molecule has 1 saturated carbocycles. The minimum atomic E-state index is 0.227. The van der Waals surface area contributed by atoms with Gasteiger partial charge in [-0.05, 0) is 44.0 Å². The molecular weight excluding hydrogens is 238 g/mol. The lowest BCUT2D eigenvalue weighted by atomic mass is 9.64. The van der Waals surface area contributed by atoms with Crippen molar-refractivity contribution >= 4 is 0 Å². The Morgan fingerprint density at radius 3 is 2.58 bits per heavy atom. The molecule has 3 nitrogen and oxygen atoms in total. The van der Waals surface area contributed by atoms with Gasteiger partial charge in [-0.15, -0.1) is 0 Å². The number of phenols is 1. The molecule has 106 valence electrons. The molecular formula is C16H25NO2. The summed E-state index contributed by atoms with van der Waals surface area (Å²) in [4.78, 5) is 0. The summed E-state index contributed by atoms with van der Waals surface area (Å²) >= 11 is 0. The van der Waals surface area contributed by atoms with Crippen molar-refractivity contribution in [3.63, 3.8) is 0 Å². The van der Waals surface area contributed by atoms with Gasteiger partial charge in [-0.1, -0.05) is 26.0 Å². The molecule has 19 heavy (non-hydrogen) atoms. The van der Waals surface area contributed by atoms with Gasteiger partial charge in [-0.2, -0.15) is 0 Å². The maximum Gasteiger partial charge on any atom is 0.115 e. The smallest absolute Gasteiger partial charge is 0.115 e. The van der Waals surface area contributed by atoms with Crippen molar-refractivity contribution in [2.75, 3.05) is 13.2 Å². The van der Waals surface area contributed by atoms with Gasteiger partial charge in [0, 0.05) is 18.1 Å². The molecule has 2 N–H and O–H groups in total. The molecule has 3 heteroatoms. The Hall–Kier alpha value is -1.06. The first-order valence-corrected chi connectivity index (χ1v) is 7.17. The average Bonchev–Trinajstić information content (AvgIpc) is 2.39. The first kappa shape index (κ1) is 14.4. The van der Waals surface area contributed by atoms with Crippen molar-refractivity contribution in [2.24, 2.45) is 5.41 Å². The van der Waals surface area contributed by atoms with E-state index in [1.54, 1.807) is 12.1 Å². The van der Waals surface area contributed by atoms with Gasteiger partial charge in [0.1, 0.15) is 5.75 Å². The number of rotatable bonds is 6. The van der Waals surface area contributed by atoms with Crippen molar-refractivity contribution < 1.29 is 9.84 Å². The van der Waals surface area contributed by atoms with Crippen LogP contribution in [0.1, 0.15) is 32.8 Å². The molecule has 0 radical (unpaired) electrons. The minimum Gasteiger partial charge on any atom is -0.508 e. The molecule has 1 aliphatic carbocycles. The highest BCUT2D eigenvalue weighted by atomic mass is 16.5. The van der Waals surface area contributed by atoms with Crippen LogP contribution in [0.4, 0.5) is 0 Å². The molecule has 2 unspecified atom stereocenters. The third kappa shape index (κ3) is 3.28. The van der Waals surface area contributed by atoms with Crippen LogP contribution in [0.25, 0.3) is 0 Å². The van der Waals surface area contributed by atoms with Gasteiger partial charge in [0.25, 0.3) is 0 Å². The van der Waals surface area contributed by atoms with E-state index in [9.17, 15) is 5.11 Å². The second kappa shape index (κ2) is 5.93. The average molecular weight is 263 g/mol. The molecule has 0 heterocycles. The molecule has 1 aliphatic rings. The predicted octanol–water partition coefficient (Wildman–Crippen LogP) is 2.73. The Bertz CT molecular complexity index is 400. The molecule has 0 spiro atoms. The topological polar surface area (TPSA) is 41.5 Å². The van der Waals surface area contributed by atoms with Crippen molar-refractivity contribution in [1.29, 1.82) is 0 Å². The van der Waals surface area contributed by atoms with Gasteiger partial charge in [-0.25, -0.2) is 0 Å². The fraction of sp³-hybridized carbons (Fsp3) is 0.625. The molecule has 0 bridgehead atoms. The summed E-state index contributed by atoms with van der Waals surface area (Å²) in [6.45, 7) is 8.37. The lowest BCUT2D eigenvalue weighted by Crippen LogP contribution is -2.61. The Kier molecular flexibility index (Phi) is 4.48. The van der Waals surface area contributed by atoms with Crippen LogP contribution >= 0.6 is 0 Å². The number of aromatic hydroxyl groups is 1. The van der Waals surface area contributed by atoms with Crippen LogP contribution in [0.3, 0.4) is 0 Å². The predicted molar refractivity (Wildman–Crippen MR) is 77.4 cm³/mol. The van der Waals surface area contributed by atoms with Crippen LogP contribution in [0, 0.1) is 5.41 Å². The van der Waals surface area contributed by atoms with Gasteiger partial charge < -0.3 is 15.2 Å². The summed E-state index contributed by atoms with van der Waals surface area (Å²) in [6.07, 6.45) is 2.49. The quantitative estimate of drug-likeness (QED) is 0.829. The SMILES string of the molecule is CCOC1CC(NCCc2ccc(O)cc2)C1(C)C. The zero-order chi connectivity index (χ0) is 13.9. The molecule has 0 amide bonds. The molecule has 2 rings (SSSR count). The number of hydrogen-bond acceptors (Lipinski definition) is 3. The molecule has 1 aromatic rings. The zero-order valence-electron chi connectivity index (χ0n) is 12.1. The van der Waals surface area contributed by atoms with E-state index in [0.717, 1.165) is 26.0 Å². The summed E-state index contributed by atoms with van der Waals surface area (Å²) in [5, 5.41) is 12.9. The second-order valence-electron chi connectivity index (χ2n) is 5.92. The lowest BCUT2D eigenvalue weighted by molar-refractivity contribution is -0.113. The molecule has 2 atom stereocenters. The van der Waals surface area contributed by atoms with Crippen LogP contribution in [0.5, 0.6) is 5.75 Å². The Morgan fingerprint density at radius 2 is 2.00 bits per heavy atom. The van der Waals surface area contributed by atoms with Crippen molar-refractivity contribution in [3.05, 3.63) is 29.8 Å². The Morgan fingerprint density at radius 1 is 1.32 bits per heavy atom. The van der Waals surface area contributed by atoms with E-state index >= 15 is 0 Å². The van der Waals surface area contributed by atoms with Crippen LogP contribution < -0.4 is 5.32 Å². The van der Waals surface area contributed by atoms with Gasteiger partial charge in [0.2, 0.25) is 0 Å². The largest absolute Gasteiger partial charge is 0.508 e. The monoisotopic (exact) mass is 263 g/mol. The summed E-state index contributed by atoms with van der Waals surface area (Å²) in [5.74, 6) is 0.330. The minimum absolute atomic E-state index is 0.227. The van der Waals surface area contributed by atoms with Gasteiger partial charge in [0.05, 0.1) is 6.10 Å². The number of ether oxygens (including phenoxy) is 1. The molecule has 0 aliphatic heterocycles. The highest BCUT2D eigenvalue weighted by Crippen LogP contribution is 2.42. The third-order valence-electron chi connectivity index (χ3n) is 4.29. The van der Waals surface area contributed by atoms with Crippen molar-refractivity contribution in [3.8, 4) is 5.75 Å². The van der Waals surface area contributed by atoms with E-state index < -0.39 is 0 Å². The van der Waals surface area contributed by atoms with Gasteiger partial charge >= 0.3 is 0 Å². The highest BCUT2D eigenvalue weighted by Gasteiger charge is 2.48. The van der Waals surface area contributed by atoms with E-state index in [4.69, 9.17) is 4.74 Å². The van der Waals surface area contributed by atoms with Gasteiger partial charge in [0.15, 0.2) is 0 Å². The van der Waals surface area contributed by atoms with E-state index in [1.165, 1.54) is 5.56 Å². The number of hydrogen-bond donors (Lipinski definition) is 2.